The van der Waals surface area contributed by atoms with E-state index in [9.17, 15) is 10.4 Å². The molecule has 0 unspecified atom stereocenters. The summed E-state index contributed by atoms with van der Waals surface area (Å²) in [5, 5.41) is 22.9. The molecule has 0 saturated heterocycles. The number of hydrogen-bond donors (Lipinski definition) is 2. The van der Waals surface area contributed by atoms with Crippen molar-refractivity contribution < 1.29 is 5.11 Å². The van der Waals surface area contributed by atoms with Crippen LogP contribution in [0.15, 0.2) is 6.07 Å². The van der Waals surface area contributed by atoms with E-state index in [1.165, 1.54) is 12.8 Å². The first-order valence-electron chi connectivity index (χ1n) is 7.44. The van der Waals surface area contributed by atoms with Crippen LogP contribution in [0.5, 0.6) is 0 Å². The molecule has 108 valence electrons. The number of nitrogens with zero attached hydrogens (tertiary/aromatic N) is 2. The molecule has 0 bridgehead atoms. The number of nitriles is 1. The van der Waals surface area contributed by atoms with Crippen molar-refractivity contribution in [1.82, 2.24) is 4.98 Å². The van der Waals surface area contributed by atoms with Crippen LogP contribution in [0.25, 0.3) is 0 Å². The largest absolute Gasteiger partial charge is 0.391 e. The molecule has 0 aliphatic heterocycles. The summed E-state index contributed by atoms with van der Waals surface area (Å²) in [6, 6.07) is 4.13. The van der Waals surface area contributed by atoms with Crippen molar-refractivity contribution in [3.05, 3.63) is 22.9 Å². The van der Waals surface area contributed by atoms with Crippen LogP contribution in [-0.4, -0.2) is 22.2 Å². The third kappa shape index (κ3) is 3.49. The second-order valence-corrected chi connectivity index (χ2v) is 5.73. The molecule has 2 atom stereocenters. The highest BCUT2D eigenvalue weighted by Gasteiger charge is 2.22. The van der Waals surface area contributed by atoms with Gasteiger partial charge in [-0.2, -0.15) is 5.26 Å². The van der Waals surface area contributed by atoms with E-state index in [4.69, 9.17) is 0 Å². The quantitative estimate of drug-likeness (QED) is 0.869. The van der Waals surface area contributed by atoms with Gasteiger partial charge in [0.2, 0.25) is 0 Å². The second kappa shape index (κ2) is 6.71. The Hall–Kier alpha value is -1.60. The predicted octanol–water partition coefficient (Wildman–Crippen LogP) is 3.07. The lowest BCUT2D eigenvalue weighted by molar-refractivity contribution is 0.128. The van der Waals surface area contributed by atoms with E-state index in [-0.39, 0.29) is 12.1 Å². The van der Waals surface area contributed by atoms with Crippen LogP contribution in [0.1, 0.15) is 55.3 Å². The van der Waals surface area contributed by atoms with Crippen molar-refractivity contribution in [3.63, 3.8) is 0 Å². The van der Waals surface area contributed by atoms with E-state index in [0.717, 1.165) is 36.9 Å². The summed E-state index contributed by atoms with van der Waals surface area (Å²) in [5.41, 5.74) is 2.41. The first-order chi connectivity index (χ1) is 9.61. The molecule has 1 aromatic heterocycles. The summed E-state index contributed by atoms with van der Waals surface area (Å²) in [7, 11) is 0. The standard InChI is InChI=1S/C16H23N3O/c1-11-9-12(2)18-16(13(11)10-17)19-14-7-5-3-4-6-8-15(14)20/h9,14-15,20H,3-8H2,1-2H3,(H,18,19)/t14-,15-/m0/s1. The summed E-state index contributed by atoms with van der Waals surface area (Å²) in [4.78, 5) is 4.44. The van der Waals surface area contributed by atoms with Gasteiger partial charge in [0.15, 0.2) is 0 Å². The summed E-state index contributed by atoms with van der Waals surface area (Å²) in [5.74, 6) is 0.620. The highest BCUT2D eigenvalue weighted by molar-refractivity contribution is 5.57. The molecule has 1 fully saturated rings. The smallest absolute Gasteiger partial charge is 0.144 e. The lowest BCUT2D eigenvalue weighted by atomic mass is 9.94. The summed E-state index contributed by atoms with van der Waals surface area (Å²) >= 11 is 0. The molecule has 1 aliphatic carbocycles. The van der Waals surface area contributed by atoms with E-state index in [1.807, 2.05) is 19.9 Å². The number of anilines is 1. The first-order valence-corrected chi connectivity index (χ1v) is 7.44. The van der Waals surface area contributed by atoms with Crippen molar-refractivity contribution >= 4 is 5.82 Å². The van der Waals surface area contributed by atoms with Crippen LogP contribution < -0.4 is 5.32 Å². The SMILES string of the molecule is Cc1cc(C)c(C#N)c(N[C@H]2CCCCCC[C@@H]2O)n1. The number of aliphatic hydroxyl groups is 1. The van der Waals surface area contributed by atoms with Crippen LogP contribution >= 0.6 is 0 Å². The highest BCUT2D eigenvalue weighted by atomic mass is 16.3. The lowest BCUT2D eigenvalue weighted by Gasteiger charge is -2.27. The Kier molecular flexibility index (Phi) is 4.97. The van der Waals surface area contributed by atoms with Gasteiger partial charge in [-0.15, -0.1) is 0 Å². The van der Waals surface area contributed by atoms with Crippen molar-refractivity contribution in [3.8, 4) is 6.07 Å². The van der Waals surface area contributed by atoms with Crippen LogP contribution in [-0.2, 0) is 0 Å². The number of aliphatic hydroxyl groups excluding tert-OH is 1. The zero-order valence-corrected chi connectivity index (χ0v) is 12.3. The van der Waals surface area contributed by atoms with Crippen LogP contribution in [0, 0.1) is 25.2 Å². The van der Waals surface area contributed by atoms with E-state index < -0.39 is 0 Å². The third-order valence-electron chi connectivity index (χ3n) is 4.01. The van der Waals surface area contributed by atoms with Crippen LogP contribution in [0.3, 0.4) is 0 Å². The van der Waals surface area contributed by atoms with Gasteiger partial charge in [0.25, 0.3) is 0 Å². The number of aromatic nitrogens is 1. The fourth-order valence-corrected chi connectivity index (χ4v) is 2.89. The number of pyridine rings is 1. The molecular weight excluding hydrogens is 250 g/mol. The Bertz CT molecular complexity index is 507. The van der Waals surface area contributed by atoms with Crippen molar-refractivity contribution in [1.29, 1.82) is 5.26 Å². The maximum atomic E-state index is 10.3. The molecule has 1 heterocycles. The zero-order valence-electron chi connectivity index (χ0n) is 12.3. The van der Waals surface area contributed by atoms with Crippen LogP contribution in [0.2, 0.25) is 0 Å². The molecule has 1 saturated carbocycles. The molecule has 4 nitrogen and oxygen atoms in total. The van der Waals surface area contributed by atoms with Gasteiger partial charge < -0.3 is 10.4 Å². The van der Waals surface area contributed by atoms with Crippen LogP contribution in [0.4, 0.5) is 5.82 Å². The molecule has 0 radical (unpaired) electrons. The van der Waals surface area contributed by atoms with E-state index in [1.54, 1.807) is 0 Å². The molecule has 1 aliphatic rings. The Morgan fingerprint density at radius 1 is 1.25 bits per heavy atom. The van der Waals surface area contributed by atoms with Gasteiger partial charge >= 0.3 is 0 Å². The first kappa shape index (κ1) is 14.8. The number of aryl methyl sites for hydroxylation is 2. The topological polar surface area (TPSA) is 68.9 Å². The molecular formula is C16H23N3O. The fourth-order valence-electron chi connectivity index (χ4n) is 2.89. The molecule has 2 rings (SSSR count). The van der Waals surface area contributed by atoms with Gasteiger partial charge in [-0.3, -0.25) is 0 Å². The number of rotatable bonds is 2. The minimum Gasteiger partial charge on any atom is -0.391 e. The Balaban J connectivity index is 2.21. The normalized spacial score (nSPS) is 23.5. The Morgan fingerprint density at radius 3 is 2.65 bits per heavy atom. The zero-order chi connectivity index (χ0) is 14.5. The molecule has 4 heteroatoms. The highest BCUT2D eigenvalue weighted by Crippen LogP contribution is 2.24. The lowest BCUT2D eigenvalue weighted by Crippen LogP contribution is -2.35. The summed E-state index contributed by atoms with van der Waals surface area (Å²) < 4.78 is 0. The predicted molar refractivity (Wildman–Crippen MR) is 79.5 cm³/mol. The molecule has 20 heavy (non-hydrogen) atoms. The van der Waals surface area contributed by atoms with Crippen molar-refractivity contribution in [2.24, 2.45) is 0 Å². The molecule has 2 N–H and O–H groups in total. The summed E-state index contributed by atoms with van der Waals surface area (Å²) in [6.45, 7) is 3.85. The minimum atomic E-state index is -0.357. The van der Waals surface area contributed by atoms with Gasteiger partial charge in [-0.1, -0.05) is 25.7 Å². The second-order valence-electron chi connectivity index (χ2n) is 5.73. The summed E-state index contributed by atoms with van der Waals surface area (Å²) in [6.07, 6.45) is 6.01. The Labute approximate surface area is 120 Å². The van der Waals surface area contributed by atoms with E-state index in [2.05, 4.69) is 16.4 Å². The molecule has 0 spiro atoms. The van der Waals surface area contributed by atoms with Gasteiger partial charge in [-0.05, 0) is 38.3 Å². The molecule has 0 aromatic carbocycles. The van der Waals surface area contributed by atoms with Gasteiger partial charge in [0.1, 0.15) is 11.9 Å². The van der Waals surface area contributed by atoms with E-state index in [0.29, 0.717) is 11.4 Å². The number of hydrogen-bond acceptors (Lipinski definition) is 4. The van der Waals surface area contributed by atoms with Gasteiger partial charge in [0.05, 0.1) is 17.7 Å². The minimum absolute atomic E-state index is 0.00361. The average Bonchev–Trinajstić information content (AvgIpc) is 2.38. The van der Waals surface area contributed by atoms with Crippen molar-refractivity contribution in [2.45, 2.75) is 64.5 Å². The van der Waals surface area contributed by atoms with Gasteiger partial charge in [-0.25, -0.2) is 4.98 Å². The number of nitrogens with one attached hydrogen (secondary N) is 1. The van der Waals surface area contributed by atoms with E-state index >= 15 is 0 Å². The third-order valence-corrected chi connectivity index (χ3v) is 4.01. The Morgan fingerprint density at radius 2 is 1.95 bits per heavy atom. The average molecular weight is 273 g/mol. The maximum Gasteiger partial charge on any atom is 0.144 e. The fraction of sp³-hybridized carbons (Fsp3) is 0.625. The monoisotopic (exact) mass is 273 g/mol. The van der Waals surface area contributed by atoms with Gasteiger partial charge in [0, 0.05) is 5.69 Å². The molecule has 0 amide bonds. The maximum absolute atomic E-state index is 10.3. The molecule has 1 aromatic rings. The van der Waals surface area contributed by atoms with Crippen molar-refractivity contribution in [2.75, 3.05) is 5.32 Å².